The van der Waals surface area contributed by atoms with E-state index in [0.29, 0.717) is 0 Å². The lowest BCUT2D eigenvalue weighted by molar-refractivity contribution is -0.132. The number of nitrogens with two attached hydrogens (primary N) is 1. The van der Waals surface area contributed by atoms with E-state index < -0.39 is 5.97 Å². The van der Waals surface area contributed by atoms with Gasteiger partial charge < -0.3 is 10.8 Å². The van der Waals surface area contributed by atoms with Gasteiger partial charge in [0, 0.05) is 17.4 Å². The molecular formula is C9H14N2O2S. The Morgan fingerprint density at radius 2 is 2.29 bits per heavy atom. The third-order valence-electron chi connectivity index (χ3n) is 1.91. The van der Waals surface area contributed by atoms with Crippen LogP contribution in [0.1, 0.15) is 13.3 Å². The van der Waals surface area contributed by atoms with Crippen LogP contribution in [0, 0.1) is 17.2 Å². The zero-order chi connectivity index (χ0) is 11.1. The number of carboxylic acids is 1. The first-order chi connectivity index (χ1) is 6.58. The maximum Gasteiger partial charge on any atom is 0.348 e. The fourth-order valence-corrected chi connectivity index (χ4v) is 1.89. The van der Waals surface area contributed by atoms with Gasteiger partial charge in [0.15, 0.2) is 5.57 Å². The SMILES string of the molecule is CCC(CSC)C(N)=C(C#N)C(=O)O. The summed E-state index contributed by atoms with van der Waals surface area (Å²) >= 11 is 1.59. The van der Waals surface area contributed by atoms with Gasteiger partial charge in [-0.25, -0.2) is 4.79 Å². The Bertz CT molecular complexity index is 281. The van der Waals surface area contributed by atoms with Gasteiger partial charge in [-0.2, -0.15) is 17.0 Å². The summed E-state index contributed by atoms with van der Waals surface area (Å²) < 4.78 is 0. The van der Waals surface area contributed by atoms with Crippen molar-refractivity contribution >= 4 is 17.7 Å². The fourth-order valence-electron chi connectivity index (χ4n) is 1.07. The van der Waals surface area contributed by atoms with Crippen molar-refractivity contribution in [2.75, 3.05) is 12.0 Å². The highest BCUT2D eigenvalue weighted by molar-refractivity contribution is 7.98. The summed E-state index contributed by atoms with van der Waals surface area (Å²) in [5.74, 6) is -0.541. The molecule has 0 fully saturated rings. The Morgan fingerprint density at radius 3 is 2.57 bits per heavy atom. The van der Waals surface area contributed by atoms with Gasteiger partial charge in [-0.3, -0.25) is 0 Å². The number of thioether (sulfide) groups is 1. The monoisotopic (exact) mass is 214 g/mol. The highest BCUT2D eigenvalue weighted by atomic mass is 32.2. The molecule has 0 spiro atoms. The van der Waals surface area contributed by atoms with E-state index in [1.54, 1.807) is 17.8 Å². The van der Waals surface area contributed by atoms with Gasteiger partial charge in [-0.05, 0) is 12.7 Å². The molecule has 78 valence electrons. The summed E-state index contributed by atoms with van der Waals surface area (Å²) in [4.78, 5) is 10.6. The molecule has 0 saturated heterocycles. The third-order valence-corrected chi connectivity index (χ3v) is 2.65. The first-order valence-electron chi connectivity index (χ1n) is 4.20. The van der Waals surface area contributed by atoms with Crippen LogP contribution < -0.4 is 5.73 Å². The molecule has 0 aliphatic heterocycles. The number of nitriles is 1. The van der Waals surface area contributed by atoms with Gasteiger partial charge in [-0.15, -0.1) is 0 Å². The van der Waals surface area contributed by atoms with E-state index in [4.69, 9.17) is 16.1 Å². The molecule has 0 aromatic carbocycles. The maximum absolute atomic E-state index is 10.6. The van der Waals surface area contributed by atoms with E-state index in [9.17, 15) is 4.79 Å². The average Bonchev–Trinajstić information content (AvgIpc) is 2.14. The minimum absolute atomic E-state index is 0.0317. The minimum atomic E-state index is -1.25. The second-order valence-corrected chi connectivity index (χ2v) is 3.72. The molecule has 0 aromatic heterocycles. The summed E-state index contributed by atoms with van der Waals surface area (Å²) in [5.41, 5.74) is 5.50. The molecule has 1 unspecified atom stereocenters. The van der Waals surface area contributed by atoms with E-state index in [1.807, 2.05) is 13.2 Å². The van der Waals surface area contributed by atoms with Crippen LogP contribution in [0.2, 0.25) is 0 Å². The van der Waals surface area contributed by atoms with E-state index in [-0.39, 0.29) is 17.2 Å². The molecular weight excluding hydrogens is 200 g/mol. The first kappa shape index (κ1) is 12.8. The first-order valence-corrected chi connectivity index (χ1v) is 5.59. The van der Waals surface area contributed by atoms with Crippen LogP contribution in [0.3, 0.4) is 0 Å². The van der Waals surface area contributed by atoms with Gasteiger partial charge in [0.2, 0.25) is 0 Å². The molecule has 0 radical (unpaired) electrons. The summed E-state index contributed by atoms with van der Waals surface area (Å²) in [6.45, 7) is 1.92. The van der Waals surface area contributed by atoms with Gasteiger partial charge in [0.05, 0.1) is 0 Å². The van der Waals surface area contributed by atoms with E-state index >= 15 is 0 Å². The quantitative estimate of drug-likeness (QED) is 0.530. The van der Waals surface area contributed by atoms with Crippen molar-refractivity contribution in [2.45, 2.75) is 13.3 Å². The standard InChI is InChI=1S/C9H14N2O2S/c1-3-6(5-14-2)8(11)7(4-10)9(12)13/h6H,3,5,11H2,1-2H3,(H,12,13). The Balaban J connectivity index is 4.92. The molecule has 0 amide bonds. The molecule has 0 aromatic rings. The summed E-state index contributed by atoms with van der Waals surface area (Å²) in [7, 11) is 0. The lowest BCUT2D eigenvalue weighted by atomic mass is 10.0. The highest BCUT2D eigenvalue weighted by Gasteiger charge is 2.18. The molecule has 14 heavy (non-hydrogen) atoms. The predicted molar refractivity (Wildman–Crippen MR) is 56.6 cm³/mol. The smallest absolute Gasteiger partial charge is 0.348 e. The topological polar surface area (TPSA) is 87.1 Å². The van der Waals surface area contributed by atoms with Crippen LogP contribution in [0.4, 0.5) is 0 Å². The molecule has 0 bridgehead atoms. The fraction of sp³-hybridized carbons (Fsp3) is 0.556. The van der Waals surface area contributed by atoms with Crippen molar-refractivity contribution < 1.29 is 9.90 Å². The lowest BCUT2D eigenvalue weighted by Crippen LogP contribution is -2.19. The number of rotatable bonds is 5. The number of carboxylic acid groups (broad SMARTS) is 1. The molecule has 0 aliphatic rings. The van der Waals surface area contributed by atoms with Crippen LogP contribution in [-0.2, 0) is 4.79 Å². The third kappa shape index (κ3) is 3.30. The van der Waals surface area contributed by atoms with Crippen molar-refractivity contribution in [2.24, 2.45) is 11.7 Å². The molecule has 0 rings (SSSR count). The number of allylic oxidation sites excluding steroid dienone is 1. The van der Waals surface area contributed by atoms with Crippen molar-refractivity contribution in [3.8, 4) is 6.07 Å². The maximum atomic E-state index is 10.6. The molecule has 0 saturated carbocycles. The molecule has 0 heterocycles. The Kier molecular flexibility index (Phi) is 5.81. The summed E-state index contributed by atoms with van der Waals surface area (Å²) in [6.07, 6.45) is 2.66. The Labute approximate surface area is 87.8 Å². The van der Waals surface area contributed by atoms with E-state index in [2.05, 4.69) is 0 Å². The number of carbonyl (C=O) groups is 1. The van der Waals surface area contributed by atoms with Crippen molar-refractivity contribution in [3.63, 3.8) is 0 Å². The van der Waals surface area contributed by atoms with Crippen LogP contribution in [0.25, 0.3) is 0 Å². The molecule has 1 atom stereocenters. The summed E-state index contributed by atoms with van der Waals surface area (Å²) in [6, 6.07) is 1.62. The Morgan fingerprint density at radius 1 is 1.71 bits per heavy atom. The largest absolute Gasteiger partial charge is 0.477 e. The van der Waals surface area contributed by atoms with Crippen molar-refractivity contribution in [1.82, 2.24) is 0 Å². The molecule has 0 aliphatic carbocycles. The van der Waals surface area contributed by atoms with Gasteiger partial charge in [0.25, 0.3) is 0 Å². The zero-order valence-electron chi connectivity index (χ0n) is 8.28. The average molecular weight is 214 g/mol. The number of nitrogens with zero attached hydrogens (tertiary/aromatic N) is 1. The van der Waals surface area contributed by atoms with Crippen molar-refractivity contribution in [3.05, 3.63) is 11.3 Å². The second kappa shape index (κ2) is 6.33. The van der Waals surface area contributed by atoms with E-state index in [1.165, 1.54) is 0 Å². The number of aliphatic carboxylic acids is 1. The number of hydrogen-bond acceptors (Lipinski definition) is 4. The number of hydrogen-bond donors (Lipinski definition) is 2. The minimum Gasteiger partial charge on any atom is -0.477 e. The van der Waals surface area contributed by atoms with E-state index in [0.717, 1.165) is 12.2 Å². The van der Waals surface area contributed by atoms with Crippen LogP contribution in [-0.4, -0.2) is 23.1 Å². The zero-order valence-corrected chi connectivity index (χ0v) is 9.10. The van der Waals surface area contributed by atoms with Gasteiger partial charge >= 0.3 is 5.97 Å². The van der Waals surface area contributed by atoms with Crippen LogP contribution >= 0.6 is 11.8 Å². The Hall–Kier alpha value is -1.15. The highest BCUT2D eigenvalue weighted by Crippen LogP contribution is 2.18. The van der Waals surface area contributed by atoms with Crippen LogP contribution in [0.5, 0.6) is 0 Å². The van der Waals surface area contributed by atoms with Gasteiger partial charge in [0.1, 0.15) is 6.07 Å². The predicted octanol–water partition coefficient (Wildman–Crippen LogP) is 1.20. The second-order valence-electron chi connectivity index (χ2n) is 2.81. The van der Waals surface area contributed by atoms with Crippen molar-refractivity contribution in [1.29, 1.82) is 5.26 Å². The van der Waals surface area contributed by atoms with Crippen LogP contribution in [0.15, 0.2) is 11.3 Å². The van der Waals surface area contributed by atoms with Gasteiger partial charge in [-0.1, -0.05) is 6.92 Å². The molecule has 3 N–H and O–H groups in total. The molecule has 5 heteroatoms. The normalized spacial score (nSPS) is 14.1. The molecule has 4 nitrogen and oxygen atoms in total. The summed E-state index contributed by atoms with van der Waals surface area (Å²) in [5, 5.41) is 17.3. The lowest BCUT2D eigenvalue weighted by Gasteiger charge is -2.14.